The van der Waals surface area contributed by atoms with Crippen LogP contribution in [0.4, 0.5) is 4.39 Å². The van der Waals surface area contributed by atoms with Gasteiger partial charge in [0.25, 0.3) is 0 Å². The lowest BCUT2D eigenvalue weighted by Crippen LogP contribution is -2.21. The van der Waals surface area contributed by atoms with Crippen molar-refractivity contribution in [3.63, 3.8) is 0 Å². The highest BCUT2D eigenvalue weighted by Gasteiger charge is 2.35. The summed E-state index contributed by atoms with van der Waals surface area (Å²) in [7, 11) is 0. The summed E-state index contributed by atoms with van der Waals surface area (Å²) in [6.45, 7) is 0.0902. The number of ether oxygens (including phenoxy) is 2. The molecule has 0 radical (unpaired) electrons. The van der Waals surface area contributed by atoms with E-state index < -0.39 is 5.92 Å². The number of rotatable bonds is 5. The highest BCUT2D eigenvalue weighted by Crippen LogP contribution is 2.46. The van der Waals surface area contributed by atoms with E-state index in [1.807, 2.05) is 12.1 Å². The minimum absolute atomic E-state index is 0.0166. The van der Waals surface area contributed by atoms with Crippen LogP contribution in [0.15, 0.2) is 78.2 Å². The molecule has 0 saturated heterocycles. The lowest BCUT2D eigenvalue weighted by Gasteiger charge is -2.24. The van der Waals surface area contributed by atoms with Crippen LogP contribution >= 0.6 is 23.2 Å². The molecular weight excluding hydrogens is 490 g/mol. The van der Waals surface area contributed by atoms with Crippen LogP contribution in [0.2, 0.25) is 10.0 Å². The van der Waals surface area contributed by atoms with Crippen molar-refractivity contribution in [1.82, 2.24) is 10.2 Å². The Balaban J connectivity index is 1.50. The number of nitriles is 1. The Morgan fingerprint density at radius 2 is 1.86 bits per heavy atom. The molecule has 1 atom stereocenters. The second-order valence-electron chi connectivity index (χ2n) is 7.82. The molecule has 0 fully saturated rings. The number of hydrogen-bond acceptors (Lipinski definition) is 5. The number of halogens is 3. The fraction of sp³-hybridized carbons (Fsp3) is 0.0769. The smallest absolute Gasteiger partial charge is 0.244 e. The molecule has 2 heterocycles. The van der Waals surface area contributed by atoms with Crippen LogP contribution in [-0.2, 0) is 6.61 Å². The van der Waals surface area contributed by atoms with Crippen LogP contribution in [0.3, 0.4) is 0 Å². The maximum Gasteiger partial charge on any atom is 0.244 e. The molecule has 5 rings (SSSR count). The summed E-state index contributed by atoms with van der Waals surface area (Å²) >= 11 is 12.3. The molecule has 0 bridgehead atoms. The summed E-state index contributed by atoms with van der Waals surface area (Å²) in [6, 6.07) is 21.0. The minimum atomic E-state index is -0.549. The van der Waals surface area contributed by atoms with Crippen LogP contribution in [0.25, 0.3) is 11.3 Å². The fourth-order valence-electron chi connectivity index (χ4n) is 3.98. The highest BCUT2D eigenvalue weighted by molar-refractivity contribution is 6.42. The Morgan fingerprint density at radius 1 is 1.09 bits per heavy atom. The second kappa shape index (κ2) is 9.34. The van der Waals surface area contributed by atoms with E-state index in [-0.39, 0.29) is 29.8 Å². The van der Waals surface area contributed by atoms with Crippen LogP contribution in [0.1, 0.15) is 22.6 Å². The number of nitrogens with two attached hydrogens (primary N) is 1. The van der Waals surface area contributed by atoms with Crippen molar-refractivity contribution in [3.8, 4) is 29.0 Å². The summed E-state index contributed by atoms with van der Waals surface area (Å²) < 4.78 is 25.3. The Hall–Kier alpha value is -3.99. The molecule has 0 saturated carbocycles. The van der Waals surface area contributed by atoms with E-state index in [4.69, 9.17) is 38.4 Å². The van der Waals surface area contributed by atoms with Crippen LogP contribution in [0.5, 0.6) is 11.6 Å². The number of aromatic nitrogens is 2. The standard InChI is InChI=1S/C26H17Cl2FN4O2/c27-19-10-7-15(11-20(19)28)24-23-22(18(12-30)25(31)35-26(23)33-32-24)14-5-8-17(9-6-14)34-13-16-3-1-2-4-21(16)29/h1-11,22H,13,31H2,(H,32,33)/t22-/m0/s1. The zero-order valence-corrected chi connectivity index (χ0v) is 19.6. The van der Waals surface area contributed by atoms with Gasteiger partial charge in [0.1, 0.15) is 29.8 Å². The predicted molar refractivity (Wildman–Crippen MR) is 131 cm³/mol. The van der Waals surface area contributed by atoms with Crippen molar-refractivity contribution in [2.75, 3.05) is 0 Å². The van der Waals surface area contributed by atoms with Crippen LogP contribution in [0, 0.1) is 17.1 Å². The SMILES string of the molecule is N#CC1=C(N)Oc2n[nH]c(-c3ccc(Cl)c(Cl)c3)c2[C@H]1c1ccc(OCc2ccccc2F)cc1. The number of hydrogen-bond donors (Lipinski definition) is 2. The third kappa shape index (κ3) is 4.30. The van der Waals surface area contributed by atoms with Gasteiger partial charge in [0.05, 0.1) is 27.2 Å². The topological polar surface area (TPSA) is 97.0 Å². The first kappa shape index (κ1) is 22.8. The zero-order chi connectivity index (χ0) is 24.5. The molecule has 1 aliphatic heterocycles. The Labute approximate surface area is 210 Å². The monoisotopic (exact) mass is 506 g/mol. The van der Waals surface area contributed by atoms with Crippen molar-refractivity contribution < 1.29 is 13.9 Å². The quantitative estimate of drug-likeness (QED) is 0.330. The van der Waals surface area contributed by atoms with Gasteiger partial charge < -0.3 is 15.2 Å². The van der Waals surface area contributed by atoms with Gasteiger partial charge in [0.15, 0.2) is 0 Å². The van der Waals surface area contributed by atoms with E-state index >= 15 is 0 Å². The molecule has 0 amide bonds. The summed E-state index contributed by atoms with van der Waals surface area (Å²) in [4.78, 5) is 0. The van der Waals surface area contributed by atoms with Crippen molar-refractivity contribution in [2.45, 2.75) is 12.5 Å². The van der Waals surface area contributed by atoms with Crippen molar-refractivity contribution in [2.24, 2.45) is 5.73 Å². The molecule has 35 heavy (non-hydrogen) atoms. The molecule has 6 nitrogen and oxygen atoms in total. The molecule has 0 aliphatic carbocycles. The molecule has 1 aliphatic rings. The van der Waals surface area contributed by atoms with Gasteiger partial charge in [-0.25, -0.2) is 4.39 Å². The highest BCUT2D eigenvalue weighted by atomic mass is 35.5. The number of benzene rings is 3. The first-order chi connectivity index (χ1) is 17.0. The molecular formula is C26H17Cl2FN4O2. The predicted octanol–water partition coefficient (Wildman–Crippen LogP) is 6.32. The van der Waals surface area contributed by atoms with Crippen molar-refractivity contribution in [1.29, 1.82) is 5.26 Å². The first-order valence-electron chi connectivity index (χ1n) is 10.5. The molecule has 174 valence electrons. The summed E-state index contributed by atoms with van der Waals surface area (Å²) in [5.74, 6) is -0.0679. The lowest BCUT2D eigenvalue weighted by molar-refractivity contribution is 0.300. The maximum absolute atomic E-state index is 13.9. The normalized spacial score (nSPS) is 14.7. The molecule has 1 aromatic heterocycles. The van der Waals surface area contributed by atoms with E-state index in [0.717, 1.165) is 11.1 Å². The van der Waals surface area contributed by atoms with Gasteiger partial charge in [-0.3, -0.25) is 5.10 Å². The largest absolute Gasteiger partial charge is 0.489 e. The Morgan fingerprint density at radius 3 is 2.57 bits per heavy atom. The maximum atomic E-state index is 13.9. The minimum Gasteiger partial charge on any atom is -0.489 e. The third-order valence-electron chi connectivity index (χ3n) is 5.71. The van der Waals surface area contributed by atoms with Gasteiger partial charge in [-0.1, -0.05) is 59.6 Å². The Kier molecular flexibility index (Phi) is 6.08. The molecule has 4 aromatic rings. The summed E-state index contributed by atoms with van der Waals surface area (Å²) in [6.07, 6.45) is 0. The summed E-state index contributed by atoms with van der Waals surface area (Å²) in [5.41, 5.74) is 9.54. The van der Waals surface area contributed by atoms with Gasteiger partial charge in [0.2, 0.25) is 11.8 Å². The van der Waals surface area contributed by atoms with Gasteiger partial charge >= 0.3 is 0 Å². The molecule has 3 aromatic carbocycles. The van der Waals surface area contributed by atoms with E-state index in [1.54, 1.807) is 48.5 Å². The van der Waals surface area contributed by atoms with Gasteiger partial charge in [-0.15, -0.1) is 5.10 Å². The Bertz CT molecular complexity index is 1490. The number of fused-ring (bicyclic) bond motifs is 1. The van der Waals surface area contributed by atoms with Gasteiger partial charge in [-0.05, 0) is 35.9 Å². The van der Waals surface area contributed by atoms with Crippen LogP contribution < -0.4 is 15.2 Å². The van der Waals surface area contributed by atoms with Crippen LogP contribution in [-0.4, -0.2) is 10.2 Å². The average Bonchev–Trinajstić information content (AvgIpc) is 3.28. The fourth-order valence-corrected chi connectivity index (χ4v) is 4.28. The van der Waals surface area contributed by atoms with Gasteiger partial charge in [-0.2, -0.15) is 5.26 Å². The zero-order valence-electron chi connectivity index (χ0n) is 18.1. The average molecular weight is 507 g/mol. The molecule has 9 heteroatoms. The lowest BCUT2D eigenvalue weighted by atomic mass is 9.83. The van der Waals surface area contributed by atoms with E-state index in [1.165, 1.54) is 6.07 Å². The number of nitrogens with one attached hydrogen (secondary N) is 1. The number of H-pyrrole nitrogens is 1. The number of aromatic amines is 1. The second-order valence-corrected chi connectivity index (χ2v) is 8.63. The molecule has 0 spiro atoms. The van der Waals surface area contributed by atoms with Crippen molar-refractivity contribution >= 4 is 23.2 Å². The number of allylic oxidation sites excluding steroid dienone is 1. The van der Waals surface area contributed by atoms with Crippen molar-refractivity contribution in [3.05, 3.63) is 111 Å². The van der Waals surface area contributed by atoms with E-state index in [0.29, 0.717) is 32.6 Å². The summed E-state index contributed by atoms with van der Waals surface area (Å²) in [5, 5.41) is 17.9. The number of nitrogens with zero attached hydrogens (tertiary/aromatic N) is 2. The molecule has 3 N–H and O–H groups in total. The van der Waals surface area contributed by atoms with E-state index in [9.17, 15) is 9.65 Å². The molecule has 0 unspecified atom stereocenters. The first-order valence-corrected chi connectivity index (χ1v) is 11.3. The third-order valence-corrected chi connectivity index (χ3v) is 6.45. The van der Waals surface area contributed by atoms with Gasteiger partial charge in [0, 0.05) is 11.1 Å². The van der Waals surface area contributed by atoms with E-state index in [2.05, 4.69) is 16.3 Å².